The average molecular weight is 338 g/mol. The van der Waals surface area contributed by atoms with E-state index in [0.29, 0.717) is 22.3 Å². The average Bonchev–Trinajstić information content (AvgIpc) is 2.85. The number of carbonyl (C=O) groups excluding carboxylic acids is 1. The van der Waals surface area contributed by atoms with E-state index < -0.39 is 5.97 Å². The lowest BCUT2D eigenvalue weighted by Crippen LogP contribution is -2.10. The van der Waals surface area contributed by atoms with Gasteiger partial charge in [0.2, 0.25) is 0 Å². The van der Waals surface area contributed by atoms with Crippen LogP contribution < -0.4 is 5.32 Å². The van der Waals surface area contributed by atoms with Gasteiger partial charge in [0.25, 0.3) is 5.91 Å². The van der Waals surface area contributed by atoms with Crippen LogP contribution in [0, 0.1) is 0 Å². The SMILES string of the molecule is O=C(O)CCc1ccc(NC(=O)c2coc(Br)c2)cc1. The molecule has 0 radical (unpaired) electrons. The molecule has 0 bridgehead atoms. The molecule has 0 aliphatic heterocycles. The Balaban J connectivity index is 1.96. The molecule has 0 saturated carbocycles. The summed E-state index contributed by atoms with van der Waals surface area (Å²) in [6.45, 7) is 0. The van der Waals surface area contributed by atoms with Crippen molar-refractivity contribution < 1.29 is 19.1 Å². The topological polar surface area (TPSA) is 79.5 Å². The Kier molecular flexibility index (Phi) is 4.57. The van der Waals surface area contributed by atoms with Gasteiger partial charge in [-0.05, 0) is 40.0 Å². The zero-order valence-electron chi connectivity index (χ0n) is 10.4. The van der Waals surface area contributed by atoms with Crippen LogP contribution in [0.1, 0.15) is 22.3 Å². The summed E-state index contributed by atoms with van der Waals surface area (Å²) >= 11 is 3.13. The van der Waals surface area contributed by atoms with Gasteiger partial charge in [-0.15, -0.1) is 0 Å². The zero-order chi connectivity index (χ0) is 14.5. The van der Waals surface area contributed by atoms with Crippen molar-refractivity contribution in [1.29, 1.82) is 0 Å². The molecule has 1 aromatic carbocycles. The summed E-state index contributed by atoms with van der Waals surface area (Å²) in [5, 5.41) is 11.3. The van der Waals surface area contributed by atoms with Gasteiger partial charge in [-0.3, -0.25) is 9.59 Å². The molecule has 0 unspecified atom stereocenters. The van der Waals surface area contributed by atoms with Gasteiger partial charge >= 0.3 is 5.97 Å². The summed E-state index contributed by atoms with van der Waals surface area (Å²) in [6, 6.07) is 8.65. The number of carbonyl (C=O) groups is 2. The molecular formula is C14H12BrNO4. The van der Waals surface area contributed by atoms with Gasteiger partial charge in [-0.25, -0.2) is 0 Å². The highest BCUT2D eigenvalue weighted by molar-refractivity contribution is 9.10. The molecule has 2 rings (SSSR count). The molecule has 2 aromatic rings. The highest BCUT2D eigenvalue weighted by atomic mass is 79.9. The molecule has 0 aliphatic carbocycles. The molecule has 0 atom stereocenters. The van der Waals surface area contributed by atoms with Crippen molar-refractivity contribution in [3.05, 3.63) is 52.4 Å². The van der Waals surface area contributed by atoms with Crippen molar-refractivity contribution >= 4 is 33.5 Å². The first kappa shape index (κ1) is 14.3. The van der Waals surface area contributed by atoms with Crippen LogP contribution in [0.25, 0.3) is 0 Å². The Morgan fingerprint density at radius 3 is 2.50 bits per heavy atom. The van der Waals surface area contributed by atoms with Crippen LogP contribution in [0.4, 0.5) is 5.69 Å². The minimum atomic E-state index is -0.826. The third-order valence-corrected chi connectivity index (χ3v) is 3.08. The Hall–Kier alpha value is -2.08. The Morgan fingerprint density at radius 1 is 1.25 bits per heavy atom. The molecule has 0 fully saturated rings. The van der Waals surface area contributed by atoms with Gasteiger partial charge in [0, 0.05) is 18.2 Å². The zero-order valence-corrected chi connectivity index (χ0v) is 12.0. The number of carboxylic acid groups (broad SMARTS) is 1. The quantitative estimate of drug-likeness (QED) is 0.877. The van der Waals surface area contributed by atoms with E-state index in [1.54, 1.807) is 30.3 Å². The van der Waals surface area contributed by atoms with Gasteiger partial charge in [-0.1, -0.05) is 12.1 Å². The Morgan fingerprint density at radius 2 is 1.95 bits per heavy atom. The molecule has 2 N–H and O–H groups in total. The van der Waals surface area contributed by atoms with E-state index in [1.165, 1.54) is 6.26 Å². The maximum Gasteiger partial charge on any atom is 0.303 e. The minimum Gasteiger partial charge on any atom is -0.481 e. The van der Waals surface area contributed by atoms with E-state index in [1.807, 2.05) is 0 Å². The fraction of sp³-hybridized carbons (Fsp3) is 0.143. The van der Waals surface area contributed by atoms with Gasteiger partial charge in [0.05, 0.1) is 5.56 Å². The molecule has 6 heteroatoms. The molecular weight excluding hydrogens is 326 g/mol. The Bertz CT molecular complexity index is 618. The maximum atomic E-state index is 11.9. The molecule has 1 amide bonds. The molecule has 1 heterocycles. The van der Waals surface area contributed by atoms with E-state index in [-0.39, 0.29) is 12.3 Å². The van der Waals surface area contributed by atoms with Gasteiger partial charge in [-0.2, -0.15) is 0 Å². The largest absolute Gasteiger partial charge is 0.481 e. The number of furan rings is 1. The lowest BCUT2D eigenvalue weighted by Gasteiger charge is -2.04. The third-order valence-electron chi connectivity index (χ3n) is 2.67. The van der Waals surface area contributed by atoms with Crippen LogP contribution in [0.2, 0.25) is 0 Å². The second kappa shape index (κ2) is 6.38. The van der Waals surface area contributed by atoms with Crippen LogP contribution in [0.15, 0.2) is 45.7 Å². The number of nitrogens with one attached hydrogen (secondary N) is 1. The van der Waals surface area contributed by atoms with Crippen LogP contribution >= 0.6 is 15.9 Å². The number of aliphatic carboxylic acids is 1. The van der Waals surface area contributed by atoms with Crippen LogP contribution in [-0.4, -0.2) is 17.0 Å². The molecule has 0 saturated heterocycles. The second-order valence-corrected chi connectivity index (χ2v) is 4.97. The van der Waals surface area contributed by atoms with Crippen molar-refractivity contribution in [3.63, 3.8) is 0 Å². The summed E-state index contributed by atoms with van der Waals surface area (Å²) < 4.78 is 5.49. The summed E-state index contributed by atoms with van der Waals surface area (Å²) in [4.78, 5) is 22.3. The predicted molar refractivity (Wildman–Crippen MR) is 76.8 cm³/mol. The lowest BCUT2D eigenvalue weighted by molar-refractivity contribution is -0.136. The number of amides is 1. The van der Waals surface area contributed by atoms with E-state index in [0.717, 1.165) is 5.56 Å². The number of aryl methyl sites for hydroxylation is 1. The summed E-state index contributed by atoms with van der Waals surface area (Å²) in [6.07, 6.45) is 1.92. The lowest BCUT2D eigenvalue weighted by atomic mass is 10.1. The molecule has 5 nitrogen and oxygen atoms in total. The summed E-state index contributed by atoms with van der Waals surface area (Å²) in [7, 11) is 0. The van der Waals surface area contributed by atoms with Gasteiger partial charge in [0.1, 0.15) is 6.26 Å². The van der Waals surface area contributed by atoms with Crippen molar-refractivity contribution in [2.24, 2.45) is 0 Å². The van der Waals surface area contributed by atoms with E-state index in [9.17, 15) is 9.59 Å². The Labute approximate surface area is 123 Å². The fourth-order valence-electron chi connectivity index (χ4n) is 1.64. The molecule has 20 heavy (non-hydrogen) atoms. The predicted octanol–water partition coefficient (Wildman–Crippen LogP) is 3.31. The first-order valence-corrected chi connectivity index (χ1v) is 6.70. The van der Waals surface area contributed by atoms with Gasteiger partial charge < -0.3 is 14.8 Å². The third kappa shape index (κ3) is 3.96. The number of anilines is 1. The number of hydrogen-bond acceptors (Lipinski definition) is 3. The van der Waals surface area contributed by atoms with Crippen LogP contribution in [-0.2, 0) is 11.2 Å². The fourth-order valence-corrected chi connectivity index (χ4v) is 1.98. The van der Waals surface area contributed by atoms with Crippen molar-refractivity contribution in [3.8, 4) is 0 Å². The monoisotopic (exact) mass is 337 g/mol. The van der Waals surface area contributed by atoms with Crippen molar-refractivity contribution in [1.82, 2.24) is 0 Å². The number of hydrogen-bond donors (Lipinski definition) is 2. The second-order valence-electron chi connectivity index (χ2n) is 4.18. The van der Waals surface area contributed by atoms with E-state index in [2.05, 4.69) is 21.2 Å². The summed E-state index contributed by atoms with van der Waals surface area (Å²) in [5.41, 5.74) is 1.98. The smallest absolute Gasteiger partial charge is 0.303 e. The van der Waals surface area contributed by atoms with E-state index in [4.69, 9.17) is 9.52 Å². The number of halogens is 1. The first-order chi connectivity index (χ1) is 9.54. The van der Waals surface area contributed by atoms with Crippen LogP contribution in [0.5, 0.6) is 0 Å². The molecule has 104 valence electrons. The highest BCUT2D eigenvalue weighted by Crippen LogP contribution is 2.16. The minimum absolute atomic E-state index is 0.0920. The number of rotatable bonds is 5. The van der Waals surface area contributed by atoms with E-state index >= 15 is 0 Å². The normalized spacial score (nSPS) is 10.2. The van der Waals surface area contributed by atoms with Crippen molar-refractivity contribution in [2.45, 2.75) is 12.8 Å². The molecule has 1 aromatic heterocycles. The van der Waals surface area contributed by atoms with Crippen LogP contribution in [0.3, 0.4) is 0 Å². The highest BCUT2D eigenvalue weighted by Gasteiger charge is 2.09. The standard InChI is InChI=1S/C14H12BrNO4/c15-12-7-10(8-20-12)14(19)16-11-4-1-9(2-5-11)3-6-13(17)18/h1-2,4-5,7-8H,3,6H2,(H,16,19)(H,17,18). The maximum absolute atomic E-state index is 11.9. The van der Waals surface area contributed by atoms with Crippen molar-refractivity contribution in [2.75, 3.05) is 5.32 Å². The van der Waals surface area contributed by atoms with Gasteiger partial charge in [0.15, 0.2) is 4.67 Å². The molecule has 0 spiro atoms. The summed E-state index contributed by atoms with van der Waals surface area (Å²) in [5.74, 6) is -1.09. The first-order valence-electron chi connectivity index (χ1n) is 5.91. The number of benzene rings is 1. The number of carboxylic acids is 1. The molecule has 0 aliphatic rings.